The summed E-state index contributed by atoms with van der Waals surface area (Å²) in [6.45, 7) is 3.43. The molecule has 0 spiro atoms. The van der Waals surface area contributed by atoms with Crippen LogP contribution >= 0.6 is 11.6 Å². The first-order valence-electron chi connectivity index (χ1n) is 7.37. The molecule has 0 atom stereocenters. The summed E-state index contributed by atoms with van der Waals surface area (Å²) in [7, 11) is 0. The highest BCUT2D eigenvalue weighted by Gasteiger charge is 2.21. The zero-order valence-electron chi connectivity index (χ0n) is 12.3. The van der Waals surface area contributed by atoms with Crippen LogP contribution in [0.1, 0.15) is 11.1 Å². The van der Waals surface area contributed by atoms with E-state index in [-0.39, 0.29) is 0 Å². The number of rotatable bonds is 1. The lowest BCUT2D eigenvalue weighted by Crippen LogP contribution is -2.32. The van der Waals surface area contributed by atoms with E-state index in [1.807, 2.05) is 12.1 Å². The molecule has 0 N–H and O–H groups in total. The second kappa shape index (κ2) is 5.22. The van der Waals surface area contributed by atoms with Crippen LogP contribution in [0.25, 0.3) is 10.8 Å². The summed E-state index contributed by atoms with van der Waals surface area (Å²) in [4.78, 5) is 2.23. The molecule has 1 aliphatic heterocycles. The maximum absolute atomic E-state index is 6.26. The molecule has 0 unspecified atom stereocenters. The lowest BCUT2D eigenvalue weighted by molar-refractivity contribution is 0.290. The van der Waals surface area contributed by atoms with Gasteiger partial charge in [0.1, 0.15) is 5.75 Å². The molecule has 1 aliphatic rings. The number of ether oxygens (including phenoxy) is 1. The van der Waals surface area contributed by atoms with Crippen LogP contribution in [0.15, 0.2) is 54.6 Å². The van der Waals surface area contributed by atoms with Crippen molar-refractivity contribution < 1.29 is 4.74 Å². The SMILES string of the molecule is Cc1c(Cl)cccc1N1COc2ccc3ccccc3c2C1. The van der Waals surface area contributed by atoms with Crippen molar-refractivity contribution in [2.24, 2.45) is 0 Å². The first-order valence-corrected chi connectivity index (χ1v) is 7.75. The highest BCUT2D eigenvalue weighted by molar-refractivity contribution is 6.31. The Kier molecular flexibility index (Phi) is 3.20. The largest absolute Gasteiger partial charge is 0.473 e. The average molecular weight is 310 g/mol. The second-order valence-electron chi connectivity index (χ2n) is 5.62. The van der Waals surface area contributed by atoms with Crippen molar-refractivity contribution in [3.05, 3.63) is 70.7 Å². The highest BCUT2D eigenvalue weighted by Crippen LogP contribution is 2.35. The van der Waals surface area contributed by atoms with E-state index in [9.17, 15) is 0 Å². The Bertz CT molecular complexity index is 859. The third-order valence-electron chi connectivity index (χ3n) is 4.30. The monoisotopic (exact) mass is 309 g/mol. The van der Waals surface area contributed by atoms with Crippen molar-refractivity contribution in [2.75, 3.05) is 11.6 Å². The molecular formula is C19H16ClNO. The van der Waals surface area contributed by atoms with Gasteiger partial charge in [-0.15, -0.1) is 0 Å². The van der Waals surface area contributed by atoms with Crippen molar-refractivity contribution in [1.82, 2.24) is 0 Å². The van der Waals surface area contributed by atoms with Crippen molar-refractivity contribution in [1.29, 1.82) is 0 Å². The van der Waals surface area contributed by atoms with Gasteiger partial charge < -0.3 is 9.64 Å². The Morgan fingerprint density at radius 3 is 2.77 bits per heavy atom. The fourth-order valence-electron chi connectivity index (χ4n) is 3.09. The minimum atomic E-state index is 0.548. The second-order valence-corrected chi connectivity index (χ2v) is 6.03. The third kappa shape index (κ3) is 2.11. The minimum absolute atomic E-state index is 0.548. The summed E-state index contributed by atoms with van der Waals surface area (Å²) in [5, 5.41) is 3.29. The maximum Gasteiger partial charge on any atom is 0.161 e. The standard InChI is InChI=1S/C19H16ClNO/c1-13-17(20)7-4-8-18(13)21-11-16-15-6-3-2-5-14(15)9-10-19(16)22-12-21/h2-10H,11-12H2,1H3. The Hall–Kier alpha value is -2.19. The third-order valence-corrected chi connectivity index (χ3v) is 4.71. The van der Waals surface area contributed by atoms with Crippen LogP contribution in [-0.4, -0.2) is 6.73 Å². The number of hydrogen-bond donors (Lipinski definition) is 0. The molecule has 0 saturated carbocycles. The molecule has 4 rings (SSSR count). The molecule has 2 nitrogen and oxygen atoms in total. The van der Waals surface area contributed by atoms with Gasteiger partial charge in [-0.2, -0.15) is 0 Å². The highest BCUT2D eigenvalue weighted by atomic mass is 35.5. The zero-order valence-corrected chi connectivity index (χ0v) is 13.1. The molecule has 0 aliphatic carbocycles. The minimum Gasteiger partial charge on any atom is -0.473 e. The normalized spacial score (nSPS) is 13.8. The van der Waals surface area contributed by atoms with E-state index < -0.39 is 0 Å². The first-order chi connectivity index (χ1) is 10.7. The van der Waals surface area contributed by atoms with Gasteiger partial charge in [-0.05, 0) is 41.5 Å². The predicted octanol–water partition coefficient (Wildman–Crippen LogP) is 5.16. The summed E-state index contributed by atoms with van der Waals surface area (Å²) in [5.41, 5.74) is 3.46. The molecule has 3 heteroatoms. The number of benzene rings is 3. The van der Waals surface area contributed by atoms with Gasteiger partial charge in [0.15, 0.2) is 6.73 Å². The van der Waals surface area contributed by atoms with E-state index in [1.54, 1.807) is 0 Å². The van der Waals surface area contributed by atoms with Gasteiger partial charge in [0.05, 0.1) is 6.54 Å². The van der Waals surface area contributed by atoms with Crippen molar-refractivity contribution in [3.63, 3.8) is 0 Å². The fraction of sp³-hybridized carbons (Fsp3) is 0.158. The van der Waals surface area contributed by atoms with Crippen LogP contribution in [0, 0.1) is 6.92 Å². The van der Waals surface area contributed by atoms with Crippen molar-refractivity contribution in [2.45, 2.75) is 13.5 Å². The van der Waals surface area contributed by atoms with E-state index in [0.717, 1.165) is 28.6 Å². The number of nitrogens with zero attached hydrogens (tertiary/aromatic N) is 1. The lowest BCUT2D eigenvalue weighted by Gasteiger charge is -2.32. The first kappa shape index (κ1) is 13.5. The van der Waals surface area contributed by atoms with Gasteiger partial charge in [-0.3, -0.25) is 0 Å². The molecule has 3 aromatic carbocycles. The van der Waals surface area contributed by atoms with Gasteiger partial charge in [0.2, 0.25) is 0 Å². The zero-order chi connectivity index (χ0) is 15.1. The van der Waals surface area contributed by atoms with E-state index >= 15 is 0 Å². The van der Waals surface area contributed by atoms with Crippen LogP contribution in [0.4, 0.5) is 5.69 Å². The number of anilines is 1. The Balaban J connectivity index is 1.80. The Morgan fingerprint density at radius 2 is 1.86 bits per heavy atom. The van der Waals surface area contributed by atoms with Crippen LogP contribution < -0.4 is 9.64 Å². The summed E-state index contributed by atoms with van der Waals surface area (Å²) in [6.07, 6.45) is 0. The molecule has 22 heavy (non-hydrogen) atoms. The van der Waals surface area contributed by atoms with E-state index in [1.165, 1.54) is 16.3 Å². The van der Waals surface area contributed by atoms with E-state index in [2.05, 4.69) is 54.3 Å². The molecule has 0 aromatic heterocycles. The average Bonchev–Trinajstić information content (AvgIpc) is 2.57. The van der Waals surface area contributed by atoms with Crippen molar-refractivity contribution >= 4 is 28.1 Å². The molecule has 3 aromatic rings. The smallest absolute Gasteiger partial charge is 0.161 e. The summed E-state index contributed by atoms with van der Waals surface area (Å²) < 4.78 is 5.98. The summed E-state index contributed by atoms with van der Waals surface area (Å²) in [6, 6.07) is 18.6. The van der Waals surface area contributed by atoms with Crippen LogP contribution in [-0.2, 0) is 6.54 Å². The quantitative estimate of drug-likeness (QED) is 0.616. The van der Waals surface area contributed by atoms with Gasteiger partial charge in [0, 0.05) is 16.3 Å². The summed E-state index contributed by atoms with van der Waals surface area (Å²) >= 11 is 6.26. The van der Waals surface area contributed by atoms with E-state index in [0.29, 0.717) is 6.73 Å². The molecule has 0 radical (unpaired) electrons. The molecule has 0 amide bonds. The molecular weight excluding hydrogens is 294 g/mol. The van der Waals surface area contributed by atoms with Gasteiger partial charge in [0.25, 0.3) is 0 Å². The topological polar surface area (TPSA) is 12.5 Å². The van der Waals surface area contributed by atoms with Gasteiger partial charge in [-0.25, -0.2) is 0 Å². The number of fused-ring (bicyclic) bond motifs is 3. The van der Waals surface area contributed by atoms with Gasteiger partial charge in [-0.1, -0.05) is 48.0 Å². The fourth-order valence-corrected chi connectivity index (χ4v) is 3.26. The van der Waals surface area contributed by atoms with Crippen molar-refractivity contribution in [3.8, 4) is 5.75 Å². The summed E-state index contributed by atoms with van der Waals surface area (Å²) in [5.74, 6) is 0.981. The van der Waals surface area contributed by atoms with Crippen LogP contribution in [0.2, 0.25) is 5.02 Å². The Morgan fingerprint density at radius 1 is 1.00 bits per heavy atom. The van der Waals surface area contributed by atoms with E-state index in [4.69, 9.17) is 16.3 Å². The molecule has 0 bridgehead atoms. The van der Waals surface area contributed by atoms with Crippen LogP contribution in [0.3, 0.4) is 0 Å². The molecule has 110 valence electrons. The molecule has 1 heterocycles. The molecule has 0 saturated heterocycles. The maximum atomic E-state index is 6.26. The molecule has 0 fully saturated rings. The Labute approximate surface area is 134 Å². The van der Waals surface area contributed by atoms with Gasteiger partial charge >= 0.3 is 0 Å². The number of hydrogen-bond acceptors (Lipinski definition) is 2. The van der Waals surface area contributed by atoms with Crippen LogP contribution in [0.5, 0.6) is 5.75 Å². The predicted molar refractivity (Wildman–Crippen MR) is 91.8 cm³/mol. The lowest BCUT2D eigenvalue weighted by atomic mass is 10.0. The number of halogens is 1.